The van der Waals surface area contributed by atoms with Gasteiger partial charge in [0.25, 0.3) is 0 Å². The number of rotatable bonds is 1. The molecule has 2 aliphatic rings. The Balaban J connectivity index is 0.000000232. The van der Waals surface area contributed by atoms with Crippen LogP contribution in [0.3, 0.4) is 0 Å². The highest BCUT2D eigenvalue weighted by molar-refractivity contribution is 6.27. The number of hydrogen-bond acceptors (Lipinski definition) is 4. The number of carboxylic acid groups (broad SMARTS) is 3. The van der Waals surface area contributed by atoms with Crippen LogP contribution in [-0.4, -0.2) is 57.8 Å². The summed E-state index contributed by atoms with van der Waals surface area (Å²) in [6.07, 6.45) is 3.41. The zero-order valence-corrected chi connectivity index (χ0v) is 9.91. The topological polar surface area (TPSA) is 115 Å². The lowest BCUT2D eigenvalue weighted by atomic mass is 9.83. The summed E-state index contributed by atoms with van der Waals surface area (Å²) in [5.41, 5.74) is 0. The molecular weight excluding hydrogens is 242 g/mol. The second kappa shape index (κ2) is 6.34. The Labute approximate surface area is 104 Å². The molecule has 0 radical (unpaired) electrons. The SMILES string of the molecule is O=C(O)C(=O)O.O=C(O)C1CC2CCCN(C2)C1. The van der Waals surface area contributed by atoms with Gasteiger partial charge in [-0.15, -0.1) is 0 Å². The molecule has 0 saturated carbocycles. The van der Waals surface area contributed by atoms with Crippen LogP contribution >= 0.6 is 0 Å². The maximum atomic E-state index is 10.8. The number of piperidine rings is 2. The zero-order chi connectivity index (χ0) is 13.7. The van der Waals surface area contributed by atoms with Gasteiger partial charge in [-0.2, -0.15) is 0 Å². The monoisotopic (exact) mass is 259 g/mol. The van der Waals surface area contributed by atoms with E-state index in [0.29, 0.717) is 5.92 Å². The molecular formula is C11H17NO6. The van der Waals surface area contributed by atoms with E-state index in [1.165, 1.54) is 12.8 Å². The average Bonchev–Trinajstić information content (AvgIpc) is 2.29. The second-order valence-corrected chi connectivity index (χ2v) is 4.65. The molecule has 0 spiro atoms. The molecule has 2 saturated heterocycles. The van der Waals surface area contributed by atoms with Gasteiger partial charge in [-0.3, -0.25) is 4.79 Å². The van der Waals surface area contributed by atoms with Gasteiger partial charge in [0.15, 0.2) is 0 Å². The van der Waals surface area contributed by atoms with E-state index in [-0.39, 0.29) is 5.92 Å². The van der Waals surface area contributed by atoms with Gasteiger partial charge < -0.3 is 20.2 Å². The van der Waals surface area contributed by atoms with Crippen LogP contribution in [0.2, 0.25) is 0 Å². The number of fused-ring (bicyclic) bond motifs is 2. The molecule has 2 aliphatic heterocycles. The molecule has 18 heavy (non-hydrogen) atoms. The minimum Gasteiger partial charge on any atom is -0.481 e. The molecule has 0 aromatic heterocycles. The van der Waals surface area contributed by atoms with Crippen molar-refractivity contribution < 1.29 is 29.7 Å². The Morgan fingerprint density at radius 1 is 1.00 bits per heavy atom. The molecule has 2 heterocycles. The summed E-state index contributed by atoms with van der Waals surface area (Å²) in [7, 11) is 0. The third-order valence-electron chi connectivity index (χ3n) is 3.23. The highest BCUT2D eigenvalue weighted by Crippen LogP contribution is 2.29. The number of nitrogens with zero attached hydrogens (tertiary/aromatic N) is 1. The average molecular weight is 259 g/mol. The summed E-state index contributed by atoms with van der Waals surface area (Å²) >= 11 is 0. The fraction of sp³-hybridized carbons (Fsp3) is 0.727. The number of hydrogen-bond donors (Lipinski definition) is 3. The molecule has 3 N–H and O–H groups in total. The van der Waals surface area contributed by atoms with Crippen molar-refractivity contribution >= 4 is 17.9 Å². The highest BCUT2D eigenvalue weighted by atomic mass is 16.4. The van der Waals surface area contributed by atoms with E-state index in [0.717, 1.165) is 26.1 Å². The Hall–Kier alpha value is -1.63. The maximum Gasteiger partial charge on any atom is 0.414 e. The number of carbonyl (C=O) groups is 3. The van der Waals surface area contributed by atoms with Crippen LogP contribution in [0.1, 0.15) is 19.3 Å². The van der Waals surface area contributed by atoms with Crippen molar-refractivity contribution in [3.8, 4) is 0 Å². The van der Waals surface area contributed by atoms with Crippen LogP contribution < -0.4 is 0 Å². The summed E-state index contributed by atoms with van der Waals surface area (Å²) in [5, 5.41) is 23.6. The van der Waals surface area contributed by atoms with Crippen molar-refractivity contribution in [2.24, 2.45) is 11.8 Å². The van der Waals surface area contributed by atoms with Gasteiger partial charge in [-0.1, -0.05) is 0 Å². The molecule has 3 atom stereocenters. The van der Waals surface area contributed by atoms with E-state index in [1.54, 1.807) is 0 Å². The second-order valence-electron chi connectivity index (χ2n) is 4.65. The summed E-state index contributed by atoms with van der Waals surface area (Å²) in [5.74, 6) is -3.69. The summed E-state index contributed by atoms with van der Waals surface area (Å²) in [6, 6.07) is 0. The molecule has 2 fully saturated rings. The van der Waals surface area contributed by atoms with Crippen molar-refractivity contribution in [3.05, 3.63) is 0 Å². The number of aliphatic carboxylic acids is 3. The van der Waals surface area contributed by atoms with Gasteiger partial charge in [-0.05, 0) is 31.7 Å². The van der Waals surface area contributed by atoms with Gasteiger partial charge >= 0.3 is 17.9 Å². The molecule has 3 unspecified atom stereocenters. The molecule has 0 amide bonds. The standard InChI is InChI=1S/C9H15NO2.C2H2O4/c11-9(12)8-4-7-2-1-3-10(5-7)6-8;3-1(4)2(5)6/h7-8H,1-6H2,(H,11,12);(H,3,4)(H,5,6). The molecule has 0 aromatic carbocycles. The minimum absolute atomic E-state index is 0.0935. The largest absolute Gasteiger partial charge is 0.481 e. The fourth-order valence-corrected chi connectivity index (χ4v) is 2.48. The Bertz CT molecular complexity index is 318. The lowest BCUT2D eigenvalue weighted by Crippen LogP contribution is -2.46. The van der Waals surface area contributed by atoms with Crippen molar-refractivity contribution in [2.75, 3.05) is 19.6 Å². The van der Waals surface area contributed by atoms with Crippen LogP contribution in [-0.2, 0) is 14.4 Å². The van der Waals surface area contributed by atoms with Crippen LogP contribution in [0.4, 0.5) is 0 Å². The lowest BCUT2D eigenvalue weighted by Gasteiger charge is -2.40. The third-order valence-corrected chi connectivity index (χ3v) is 3.23. The maximum absolute atomic E-state index is 10.8. The van der Waals surface area contributed by atoms with Crippen molar-refractivity contribution in [3.63, 3.8) is 0 Å². The van der Waals surface area contributed by atoms with E-state index >= 15 is 0 Å². The van der Waals surface area contributed by atoms with Gasteiger partial charge in [0.2, 0.25) is 0 Å². The molecule has 2 rings (SSSR count). The molecule has 0 aromatic rings. The van der Waals surface area contributed by atoms with Crippen molar-refractivity contribution in [1.29, 1.82) is 0 Å². The van der Waals surface area contributed by atoms with Crippen LogP contribution in [0, 0.1) is 11.8 Å². The summed E-state index contributed by atoms with van der Waals surface area (Å²) in [6.45, 7) is 3.04. The summed E-state index contributed by atoms with van der Waals surface area (Å²) in [4.78, 5) is 31.3. The van der Waals surface area contributed by atoms with Crippen LogP contribution in [0.5, 0.6) is 0 Å². The van der Waals surface area contributed by atoms with E-state index < -0.39 is 17.9 Å². The number of carboxylic acids is 3. The van der Waals surface area contributed by atoms with E-state index in [4.69, 9.17) is 24.9 Å². The van der Waals surface area contributed by atoms with E-state index in [9.17, 15) is 4.79 Å². The highest BCUT2D eigenvalue weighted by Gasteiger charge is 2.33. The Kier molecular flexibility index (Phi) is 5.08. The smallest absolute Gasteiger partial charge is 0.414 e. The van der Waals surface area contributed by atoms with Crippen LogP contribution in [0.15, 0.2) is 0 Å². The van der Waals surface area contributed by atoms with E-state index in [2.05, 4.69) is 4.90 Å². The zero-order valence-electron chi connectivity index (χ0n) is 9.91. The third kappa shape index (κ3) is 4.33. The first-order valence-corrected chi connectivity index (χ1v) is 5.81. The predicted molar refractivity (Wildman–Crippen MR) is 60.2 cm³/mol. The first kappa shape index (κ1) is 14.4. The molecule has 7 nitrogen and oxygen atoms in total. The summed E-state index contributed by atoms with van der Waals surface area (Å²) < 4.78 is 0. The van der Waals surface area contributed by atoms with Gasteiger partial charge in [-0.25, -0.2) is 9.59 Å². The normalized spacial score (nSPS) is 29.7. The Morgan fingerprint density at radius 3 is 2.06 bits per heavy atom. The molecule has 7 heteroatoms. The predicted octanol–water partition coefficient (Wildman–Crippen LogP) is -0.0415. The first-order chi connectivity index (χ1) is 8.40. The fourth-order valence-electron chi connectivity index (χ4n) is 2.48. The van der Waals surface area contributed by atoms with Gasteiger partial charge in [0.05, 0.1) is 5.92 Å². The van der Waals surface area contributed by atoms with Crippen molar-refractivity contribution in [2.45, 2.75) is 19.3 Å². The van der Waals surface area contributed by atoms with Gasteiger partial charge in [0, 0.05) is 13.1 Å². The van der Waals surface area contributed by atoms with E-state index in [1.807, 2.05) is 0 Å². The van der Waals surface area contributed by atoms with Crippen LogP contribution in [0.25, 0.3) is 0 Å². The van der Waals surface area contributed by atoms with Crippen molar-refractivity contribution in [1.82, 2.24) is 4.90 Å². The first-order valence-electron chi connectivity index (χ1n) is 5.81. The minimum atomic E-state index is -1.82. The lowest BCUT2D eigenvalue weighted by molar-refractivity contribution is -0.159. The Morgan fingerprint density at radius 2 is 1.61 bits per heavy atom. The van der Waals surface area contributed by atoms with Gasteiger partial charge in [0.1, 0.15) is 0 Å². The molecule has 102 valence electrons. The quantitative estimate of drug-likeness (QED) is 0.566. The molecule has 2 bridgehead atoms. The molecule has 0 aliphatic carbocycles.